The van der Waals surface area contributed by atoms with E-state index in [9.17, 15) is 8.42 Å². The van der Waals surface area contributed by atoms with Crippen molar-refractivity contribution in [3.8, 4) is 0 Å². The Labute approximate surface area is 103 Å². The SMILES string of the molecule is NS(=O)(=O)c1nnc(Cn2cncn2)n1C1CC1. The molecule has 0 amide bonds. The molecule has 9 nitrogen and oxygen atoms in total. The maximum atomic E-state index is 11.4. The molecule has 2 N–H and O–H groups in total. The third-order valence-corrected chi connectivity index (χ3v) is 3.46. The Morgan fingerprint density at radius 3 is 2.72 bits per heavy atom. The summed E-state index contributed by atoms with van der Waals surface area (Å²) in [6.45, 7) is 0.318. The van der Waals surface area contributed by atoms with Gasteiger partial charge in [-0.15, -0.1) is 10.2 Å². The number of aromatic nitrogens is 6. The van der Waals surface area contributed by atoms with Crippen LogP contribution in [0.25, 0.3) is 0 Å². The van der Waals surface area contributed by atoms with Crippen molar-refractivity contribution in [1.29, 1.82) is 0 Å². The summed E-state index contributed by atoms with van der Waals surface area (Å²) >= 11 is 0. The number of nitrogens with two attached hydrogens (primary N) is 1. The van der Waals surface area contributed by atoms with Gasteiger partial charge in [-0.2, -0.15) is 5.10 Å². The maximum absolute atomic E-state index is 11.4. The Kier molecular flexibility index (Phi) is 2.41. The zero-order valence-electron chi connectivity index (χ0n) is 9.34. The minimum Gasteiger partial charge on any atom is -0.296 e. The summed E-state index contributed by atoms with van der Waals surface area (Å²) in [7, 11) is -3.85. The van der Waals surface area contributed by atoms with E-state index in [-0.39, 0.29) is 11.2 Å². The van der Waals surface area contributed by atoms with Crippen molar-refractivity contribution in [1.82, 2.24) is 29.5 Å². The number of hydrogen-bond acceptors (Lipinski definition) is 6. The molecule has 0 atom stereocenters. The van der Waals surface area contributed by atoms with E-state index in [1.54, 1.807) is 9.25 Å². The second-order valence-electron chi connectivity index (χ2n) is 4.14. The highest BCUT2D eigenvalue weighted by molar-refractivity contribution is 7.89. The summed E-state index contributed by atoms with van der Waals surface area (Å²) in [5, 5.41) is 16.4. The molecule has 0 aliphatic heterocycles. The van der Waals surface area contributed by atoms with Gasteiger partial charge in [0.15, 0.2) is 5.82 Å². The highest BCUT2D eigenvalue weighted by atomic mass is 32.2. The number of rotatable bonds is 4. The van der Waals surface area contributed by atoms with Crippen LogP contribution in [0, 0.1) is 0 Å². The fraction of sp³-hybridized carbons (Fsp3) is 0.500. The Morgan fingerprint density at radius 1 is 1.39 bits per heavy atom. The van der Waals surface area contributed by atoms with E-state index in [0.29, 0.717) is 12.4 Å². The van der Waals surface area contributed by atoms with Crippen LogP contribution in [0.1, 0.15) is 24.7 Å². The molecule has 96 valence electrons. The lowest BCUT2D eigenvalue weighted by molar-refractivity contribution is 0.545. The van der Waals surface area contributed by atoms with Crippen molar-refractivity contribution in [2.24, 2.45) is 5.14 Å². The molecule has 2 aromatic rings. The molecule has 1 aliphatic rings. The molecule has 0 spiro atoms. The first-order valence-electron chi connectivity index (χ1n) is 5.34. The van der Waals surface area contributed by atoms with Gasteiger partial charge in [0.1, 0.15) is 19.2 Å². The molecule has 10 heteroatoms. The largest absolute Gasteiger partial charge is 0.296 e. The maximum Gasteiger partial charge on any atom is 0.273 e. The van der Waals surface area contributed by atoms with E-state index in [2.05, 4.69) is 20.3 Å². The molecule has 3 rings (SSSR count). The first kappa shape index (κ1) is 11.3. The van der Waals surface area contributed by atoms with Crippen LogP contribution in [0.2, 0.25) is 0 Å². The van der Waals surface area contributed by atoms with Crippen molar-refractivity contribution in [3.05, 3.63) is 18.5 Å². The molecule has 0 unspecified atom stereocenters. The molecular formula is C8H11N7O2S. The van der Waals surface area contributed by atoms with Gasteiger partial charge in [0, 0.05) is 6.04 Å². The standard InChI is InChI=1S/C8H11N7O2S/c9-18(16,17)8-13-12-7(15(8)6-1-2-6)3-14-5-10-4-11-14/h4-6H,1-3H2,(H2,9,16,17). The predicted octanol–water partition coefficient (Wildman–Crippen LogP) is -1.10. The van der Waals surface area contributed by atoms with Crippen LogP contribution in [0.15, 0.2) is 17.8 Å². The average Bonchev–Trinajstić information content (AvgIpc) is 2.84. The quantitative estimate of drug-likeness (QED) is 0.751. The summed E-state index contributed by atoms with van der Waals surface area (Å²) in [5.41, 5.74) is 0. The van der Waals surface area contributed by atoms with E-state index in [1.165, 1.54) is 12.7 Å². The van der Waals surface area contributed by atoms with Crippen molar-refractivity contribution in [2.45, 2.75) is 30.6 Å². The van der Waals surface area contributed by atoms with Crippen LogP contribution in [-0.4, -0.2) is 37.9 Å². The van der Waals surface area contributed by atoms with Crippen LogP contribution in [-0.2, 0) is 16.6 Å². The molecule has 18 heavy (non-hydrogen) atoms. The zero-order valence-corrected chi connectivity index (χ0v) is 10.2. The van der Waals surface area contributed by atoms with Gasteiger partial charge in [-0.3, -0.25) is 4.57 Å². The highest BCUT2D eigenvalue weighted by Gasteiger charge is 2.33. The number of hydrogen-bond donors (Lipinski definition) is 1. The van der Waals surface area contributed by atoms with Gasteiger partial charge in [0.05, 0.1) is 0 Å². The van der Waals surface area contributed by atoms with E-state index in [0.717, 1.165) is 12.8 Å². The fourth-order valence-corrected chi connectivity index (χ4v) is 2.45. The lowest BCUT2D eigenvalue weighted by Gasteiger charge is -2.07. The molecule has 0 radical (unpaired) electrons. The number of primary sulfonamides is 1. The zero-order chi connectivity index (χ0) is 12.8. The van der Waals surface area contributed by atoms with Crippen molar-refractivity contribution in [3.63, 3.8) is 0 Å². The fourth-order valence-electron chi connectivity index (χ4n) is 1.77. The molecule has 0 bridgehead atoms. The minimum absolute atomic E-state index is 0.117. The van der Waals surface area contributed by atoms with E-state index < -0.39 is 10.0 Å². The minimum atomic E-state index is -3.85. The highest BCUT2D eigenvalue weighted by Crippen LogP contribution is 2.37. The van der Waals surface area contributed by atoms with Crippen LogP contribution in [0.5, 0.6) is 0 Å². The van der Waals surface area contributed by atoms with Gasteiger partial charge in [-0.1, -0.05) is 0 Å². The second-order valence-corrected chi connectivity index (χ2v) is 5.59. The van der Waals surface area contributed by atoms with Gasteiger partial charge >= 0.3 is 0 Å². The van der Waals surface area contributed by atoms with Gasteiger partial charge in [0.25, 0.3) is 15.2 Å². The normalized spacial score (nSPS) is 16.1. The summed E-state index contributed by atoms with van der Waals surface area (Å²) in [5.74, 6) is 0.520. The molecule has 2 aromatic heterocycles. The summed E-state index contributed by atoms with van der Waals surface area (Å²) in [4.78, 5) is 3.82. The first-order valence-corrected chi connectivity index (χ1v) is 6.89. The molecule has 1 aliphatic carbocycles. The van der Waals surface area contributed by atoms with Crippen molar-refractivity contribution in [2.75, 3.05) is 0 Å². The molecule has 0 saturated heterocycles. The summed E-state index contributed by atoms with van der Waals surface area (Å²) < 4.78 is 26.0. The molecule has 1 fully saturated rings. The van der Waals surface area contributed by atoms with Crippen LogP contribution in [0.3, 0.4) is 0 Å². The first-order chi connectivity index (χ1) is 8.55. The van der Waals surface area contributed by atoms with Gasteiger partial charge in [-0.25, -0.2) is 23.2 Å². The number of nitrogens with zero attached hydrogens (tertiary/aromatic N) is 6. The third kappa shape index (κ3) is 1.99. The topological polar surface area (TPSA) is 122 Å². The Bertz CT molecular complexity index is 656. The Morgan fingerprint density at radius 2 is 2.17 bits per heavy atom. The van der Waals surface area contributed by atoms with Gasteiger partial charge in [0.2, 0.25) is 0 Å². The van der Waals surface area contributed by atoms with Crippen LogP contribution in [0.4, 0.5) is 0 Å². The van der Waals surface area contributed by atoms with E-state index in [4.69, 9.17) is 5.14 Å². The lowest BCUT2D eigenvalue weighted by Crippen LogP contribution is -2.19. The van der Waals surface area contributed by atoms with Crippen LogP contribution < -0.4 is 5.14 Å². The summed E-state index contributed by atoms with van der Waals surface area (Å²) in [6, 6.07) is 0.117. The second kappa shape index (κ2) is 3.85. The van der Waals surface area contributed by atoms with E-state index in [1.807, 2.05) is 0 Å². The van der Waals surface area contributed by atoms with Crippen molar-refractivity contribution >= 4 is 10.0 Å². The summed E-state index contributed by atoms with van der Waals surface area (Å²) in [6.07, 6.45) is 4.75. The van der Waals surface area contributed by atoms with Crippen LogP contribution >= 0.6 is 0 Å². The molecule has 1 saturated carbocycles. The average molecular weight is 269 g/mol. The number of sulfonamides is 1. The molecule has 2 heterocycles. The van der Waals surface area contributed by atoms with Crippen molar-refractivity contribution < 1.29 is 8.42 Å². The molecule has 0 aromatic carbocycles. The van der Waals surface area contributed by atoms with Gasteiger partial charge in [-0.05, 0) is 12.8 Å². The van der Waals surface area contributed by atoms with Gasteiger partial charge < -0.3 is 0 Å². The Balaban J connectivity index is 2.02. The lowest BCUT2D eigenvalue weighted by atomic mass is 10.5. The Hall–Kier alpha value is -1.81. The smallest absolute Gasteiger partial charge is 0.273 e. The monoisotopic (exact) mass is 269 g/mol. The predicted molar refractivity (Wildman–Crippen MR) is 58.8 cm³/mol. The van der Waals surface area contributed by atoms with E-state index >= 15 is 0 Å². The molecular weight excluding hydrogens is 258 g/mol. The third-order valence-electron chi connectivity index (χ3n) is 2.67.